The Morgan fingerprint density at radius 1 is 1.44 bits per heavy atom. The minimum atomic E-state index is -4.96. The molecule has 18 heavy (non-hydrogen) atoms. The second kappa shape index (κ2) is 4.41. The summed E-state index contributed by atoms with van der Waals surface area (Å²) in [4.78, 5) is 10.8. The van der Waals surface area contributed by atoms with Gasteiger partial charge in [0.1, 0.15) is 0 Å². The number of anilines is 1. The summed E-state index contributed by atoms with van der Waals surface area (Å²) in [6, 6.07) is 3.26. The summed E-state index contributed by atoms with van der Waals surface area (Å²) < 4.78 is 42.0. The molecule has 0 aliphatic rings. The molecule has 1 N–H and O–H groups in total. The fourth-order valence-electron chi connectivity index (χ4n) is 1.34. The lowest BCUT2D eigenvalue weighted by Crippen LogP contribution is -2.30. The lowest BCUT2D eigenvalue weighted by atomic mass is 10.2. The van der Waals surface area contributed by atoms with E-state index in [-0.39, 0.29) is 5.82 Å². The highest BCUT2D eigenvalue weighted by atomic mass is 127. The summed E-state index contributed by atoms with van der Waals surface area (Å²) in [5.41, 5.74) is 1.26. The third-order valence-electron chi connectivity index (χ3n) is 2.26. The molecule has 0 radical (unpaired) electrons. The second-order valence-corrected chi connectivity index (χ2v) is 4.63. The molecule has 0 saturated heterocycles. The van der Waals surface area contributed by atoms with Gasteiger partial charge in [-0.2, -0.15) is 13.2 Å². The van der Waals surface area contributed by atoms with Crippen LogP contribution in [0, 0.1) is 10.5 Å². The van der Waals surface area contributed by atoms with Gasteiger partial charge in [0.2, 0.25) is 0 Å². The Labute approximate surface area is 113 Å². The van der Waals surface area contributed by atoms with Gasteiger partial charge in [-0.3, -0.25) is 10.1 Å². The molecule has 0 bridgehead atoms. The maximum absolute atomic E-state index is 12.1. The van der Waals surface area contributed by atoms with Crippen LogP contribution in [0.5, 0.6) is 0 Å². The smallest absolute Gasteiger partial charge is 0.353 e. The number of halogens is 4. The number of alkyl halides is 3. The molecule has 1 aromatic heterocycles. The van der Waals surface area contributed by atoms with E-state index < -0.39 is 12.1 Å². The number of aromatic nitrogens is 1. The van der Waals surface area contributed by atoms with Gasteiger partial charge in [0.05, 0.1) is 8.96 Å². The molecule has 0 aliphatic carbocycles. The van der Waals surface area contributed by atoms with E-state index in [0.717, 1.165) is 9.13 Å². The number of fused-ring (bicyclic) bond motifs is 1. The van der Waals surface area contributed by atoms with Gasteiger partial charge in [-0.1, -0.05) is 11.2 Å². The molecule has 0 unspecified atom stereocenters. The fourth-order valence-corrected chi connectivity index (χ4v) is 1.91. The number of rotatable bonds is 1. The molecular formula is C10H6F3IN2O2. The summed E-state index contributed by atoms with van der Waals surface area (Å²) in [5, 5.41) is 5.45. The van der Waals surface area contributed by atoms with Gasteiger partial charge in [-0.05, 0) is 41.1 Å². The summed E-state index contributed by atoms with van der Waals surface area (Å²) in [6.07, 6.45) is -4.96. The van der Waals surface area contributed by atoms with Crippen LogP contribution in [-0.2, 0) is 4.79 Å². The first-order chi connectivity index (χ1) is 8.30. The number of nitrogens with one attached hydrogen (secondary N) is 1. The monoisotopic (exact) mass is 370 g/mol. The van der Waals surface area contributed by atoms with E-state index in [4.69, 9.17) is 4.52 Å². The Bertz CT molecular complexity index is 621. The Morgan fingerprint density at radius 2 is 2.11 bits per heavy atom. The number of benzene rings is 1. The van der Waals surface area contributed by atoms with Gasteiger partial charge in [-0.25, -0.2) is 0 Å². The molecule has 8 heteroatoms. The van der Waals surface area contributed by atoms with E-state index in [1.807, 2.05) is 29.5 Å². The summed E-state index contributed by atoms with van der Waals surface area (Å²) in [7, 11) is 0. The maximum atomic E-state index is 12.1. The number of nitrogens with zero attached hydrogens (tertiary/aromatic N) is 1. The molecule has 4 nitrogen and oxygen atoms in total. The Morgan fingerprint density at radius 3 is 2.72 bits per heavy atom. The molecule has 2 rings (SSSR count). The molecule has 0 fully saturated rings. The summed E-state index contributed by atoms with van der Waals surface area (Å²) >= 11 is 2.00. The van der Waals surface area contributed by atoms with Crippen LogP contribution in [0.1, 0.15) is 5.56 Å². The third kappa shape index (κ3) is 2.28. The quantitative estimate of drug-likeness (QED) is 0.785. The normalized spacial score (nSPS) is 11.8. The first-order valence-electron chi connectivity index (χ1n) is 4.73. The maximum Gasteiger partial charge on any atom is 0.471 e. The topological polar surface area (TPSA) is 55.1 Å². The van der Waals surface area contributed by atoms with E-state index in [2.05, 4.69) is 5.16 Å². The molecule has 0 spiro atoms. The zero-order chi connectivity index (χ0) is 13.5. The van der Waals surface area contributed by atoms with E-state index in [1.165, 1.54) is 0 Å². The van der Waals surface area contributed by atoms with Crippen molar-refractivity contribution in [3.63, 3.8) is 0 Å². The van der Waals surface area contributed by atoms with E-state index in [9.17, 15) is 18.0 Å². The molecule has 1 amide bonds. The zero-order valence-corrected chi connectivity index (χ0v) is 11.1. The van der Waals surface area contributed by atoms with Gasteiger partial charge < -0.3 is 4.52 Å². The van der Waals surface area contributed by atoms with Crippen molar-refractivity contribution >= 4 is 45.3 Å². The second-order valence-electron chi connectivity index (χ2n) is 3.56. The van der Waals surface area contributed by atoms with Crippen LogP contribution in [-0.4, -0.2) is 17.2 Å². The van der Waals surface area contributed by atoms with Crippen LogP contribution >= 0.6 is 22.6 Å². The van der Waals surface area contributed by atoms with Gasteiger partial charge >= 0.3 is 12.1 Å². The van der Waals surface area contributed by atoms with Crippen molar-refractivity contribution in [3.05, 3.63) is 21.3 Å². The molecule has 0 saturated carbocycles. The number of hydrogen-bond acceptors (Lipinski definition) is 3. The van der Waals surface area contributed by atoms with E-state index >= 15 is 0 Å². The summed E-state index contributed by atoms with van der Waals surface area (Å²) in [5.74, 6) is -2.31. The van der Waals surface area contributed by atoms with Crippen LogP contribution in [0.25, 0.3) is 11.0 Å². The highest BCUT2D eigenvalue weighted by Crippen LogP contribution is 2.29. The Hall–Kier alpha value is -1.32. The van der Waals surface area contributed by atoms with Gasteiger partial charge in [-0.15, -0.1) is 0 Å². The highest BCUT2D eigenvalue weighted by Gasteiger charge is 2.39. The first-order valence-corrected chi connectivity index (χ1v) is 5.81. The molecule has 96 valence electrons. The van der Waals surface area contributed by atoms with Crippen molar-refractivity contribution < 1.29 is 22.5 Å². The molecule has 1 heterocycles. The van der Waals surface area contributed by atoms with Crippen LogP contribution in [0.15, 0.2) is 16.7 Å². The largest absolute Gasteiger partial charge is 0.471 e. The van der Waals surface area contributed by atoms with Crippen molar-refractivity contribution in [2.24, 2.45) is 0 Å². The number of aryl methyl sites for hydroxylation is 1. The SMILES string of the molecule is Cc1ccc2c(NC(=O)C(F)(F)F)noc2c1I. The standard InChI is InChI=1S/C10H6F3IN2O2/c1-4-2-3-5-7(6(4)14)18-16-8(5)15-9(17)10(11,12)13/h2-3H,1H3,(H,15,16,17). The van der Waals surface area contributed by atoms with Crippen molar-refractivity contribution in [2.75, 3.05) is 5.32 Å². The zero-order valence-electron chi connectivity index (χ0n) is 8.93. The van der Waals surface area contributed by atoms with Crippen LogP contribution in [0.4, 0.5) is 19.0 Å². The van der Waals surface area contributed by atoms with Crippen molar-refractivity contribution in [1.82, 2.24) is 5.16 Å². The van der Waals surface area contributed by atoms with Gasteiger partial charge in [0.15, 0.2) is 11.4 Å². The fraction of sp³-hybridized carbons (Fsp3) is 0.200. The predicted octanol–water partition coefficient (Wildman–Crippen LogP) is 3.24. The third-order valence-corrected chi connectivity index (χ3v) is 3.60. The molecule has 0 aliphatic heterocycles. The Balaban J connectivity index is 2.42. The molecule has 0 atom stereocenters. The number of hydrogen-bond donors (Lipinski definition) is 1. The Kier molecular flexibility index (Phi) is 3.21. The van der Waals surface area contributed by atoms with Gasteiger partial charge in [0, 0.05) is 0 Å². The molecule has 1 aromatic carbocycles. The van der Waals surface area contributed by atoms with Crippen LogP contribution in [0.2, 0.25) is 0 Å². The first kappa shape index (κ1) is 13.1. The molecular weight excluding hydrogens is 364 g/mol. The van der Waals surface area contributed by atoms with E-state index in [1.54, 1.807) is 17.4 Å². The predicted molar refractivity (Wildman–Crippen MR) is 66.1 cm³/mol. The van der Waals surface area contributed by atoms with Crippen molar-refractivity contribution in [1.29, 1.82) is 0 Å². The minimum Gasteiger partial charge on any atom is -0.353 e. The summed E-state index contributed by atoms with van der Waals surface area (Å²) in [6.45, 7) is 1.83. The van der Waals surface area contributed by atoms with Crippen molar-refractivity contribution in [3.8, 4) is 0 Å². The van der Waals surface area contributed by atoms with E-state index in [0.29, 0.717) is 11.0 Å². The highest BCUT2D eigenvalue weighted by molar-refractivity contribution is 14.1. The van der Waals surface area contributed by atoms with Crippen molar-refractivity contribution in [2.45, 2.75) is 13.1 Å². The lowest BCUT2D eigenvalue weighted by Gasteiger charge is -2.05. The number of carbonyl (C=O) groups is 1. The number of amides is 1. The average molecular weight is 370 g/mol. The minimum absolute atomic E-state index is 0.231. The number of carbonyl (C=O) groups excluding carboxylic acids is 1. The molecule has 2 aromatic rings. The lowest BCUT2D eigenvalue weighted by molar-refractivity contribution is -0.167. The van der Waals surface area contributed by atoms with Crippen LogP contribution < -0.4 is 5.32 Å². The van der Waals surface area contributed by atoms with Crippen LogP contribution in [0.3, 0.4) is 0 Å². The van der Waals surface area contributed by atoms with Gasteiger partial charge in [0.25, 0.3) is 0 Å². The average Bonchev–Trinajstić information content (AvgIpc) is 2.66.